The summed E-state index contributed by atoms with van der Waals surface area (Å²) in [6, 6.07) is 11.6. The largest absolute Gasteiger partial charge is 0.369 e. The maximum Gasteiger partial charge on any atom is 0.134 e. The van der Waals surface area contributed by atoms with Crippen LogP contribution in [-0.4, -0.2) is 29.6 Å². The molecule has 0 radical (unpaired) electrons. The molecule has 24 heavy (non-hydrogen) atoms. The van der Waals surface area contributed by atoms with Crippen molar-refractivity contribution in [3.63, 3.8) is 0 Å². The first kappa shape index (κ1) is 15.4. The minimum Gasteiger partial charge on any atom is -0.369 e. The zero-order valence-corrected chi connectivity index (χ0v) is 14.6. The summed E-state index contributed by atoms with van der Waals surface area (Å²) in [5.74, 6) is 1.91. The molecule has 2 aliphatic rings. The smallest absolute Gasteiger partial charge is 0.134 e. The highest BCUT2D eigenvalue weighted by Gasteiger charge is 2.37. The average molecular weight is 323 g/mol. The molecule has 0 amide bonds. The Morgan fingerprint density at radius 2 is 1.79 bits per heavy atom. The fourth-order valence-electron chi connectivity index (χ4n) is 3.54. The summed E-state index contributed by atoms with van der Waals surface area (Å²) in [6.45, 7) is 9.43. The van der Waals surface area contributed by atoms with Gasteiger partial charge in [-0.05, 0) is 16.5 Å². The second-order valence-electron chi connectivity index (χ2n) is 7.98. The van der Waals surface area contributed by atoms with Crippen LogP contribution in [-0.2, 0) is 0 Å². The lowest BCUT2D eigenvalue weighted by atomic mass is 9.97. The van der Waals surface area contributed by atoms with E-state index >= 15 is 0 Å². The fraction of sp³-hybridized carbons (Fsp3) is 0.474. The molecule has 1 aromatic carbocycles. The summed E-state index contributed by atoms with van der Waals surface area (Å²) in [4.78, 5) is 11.3. The van der Waals surface area contributed by atoms with Crippen molar-refractivity contribution >= 4 is 11.6 Å². The van der Waals surface area contributed by atoms with Crippen LogP contribution in [0.3, 0.4) is 0 Å². The zero-order chi connectivity index (χ0) is 16.7. The first-order valence-electron chi connectivity index (χ1n) is 8.65. The lowest BCUT2D eigenvalue weighted by molar-refractivity contribution is 0.426. The minimum atomic E-state index is 0.223. The minimum absolute atomic E-state index is 0.223. The molecule has 2 aliphatic heterocycles. The molecule has 0 aliphatic carbocycles. The van der Waals surface area contributed by atoms with Crippen molar-refractivity contribution in [2.75, 3.05) is 29.9 Å². The number of anilines is 2. The Labute approximate surface area is 143 Å². The molecule has 3 heterocycles. The number of hydrogen-bond acceptors (Lipinski definition) is 5. The highest BCUT2D eigenvalue weighted by molar-refractivity contribution is 5.52. The quantitative estimate of drug-likeness (QED) is 0.909. The van der Waals surface area contributed by atoms with E-state index < -0.39 is 0 Å². The Bertz CT molecular complexity index is 706. The van der Waals surface area contributed by atoms with Crippen LogP contribution in [0.25, 0.3) is 0 Å². The van der Waals surface area contributed by atoms with Crippen LogP contribution < -0.4 is 15.5 Å². The first-order valence-corrected chi connectivity index (χ1v) is 8.65. The second-order valence-corrected chi connectivity index (χ2v) is 7.98. The Morgan fingerprint density at radius 3 is 2.42 bits per heavy atom. The maximum absolute atomic E-state index is 4.51. The van der Waals surface area contributed by atoms with Gasteiger partial charge in [-0.15, -0.1) is 0 Å². The van der Waals surface area contributed by atoms with Crippen LogP contribution in [0.2, 0.25) is 0 Å². The van der Waals surface area contributed by atoms with E-state index in [1.54, 1.807) is 6.33 Å². The van der Waals surface area contributed by atoms with Crippen LogP contribution in [0.4, 0.5) is 11.6 Å². The summed E-state index contributed by atoms with van der Waals surface area (Å²) in [5, 5.41) is 7.14. The van der Waals surface area contributed by atoms with Crippen molar-refractivity contribution in [1.82, 2.24) is 15.3 Å². The Hall–Kier alpha value is -2.14. The predicted octanol–water partition coefficient (Wildman–Crippen LogP) is 3.14. The van der Waals surface area contributed by atoms with Gasteiger partial charge in [-0.1, -0.05) is 45.0 Å². The molecule has 126 valence electrons. The molecular weight excluding hydrogens is 298 g/mol. The summed E-state index contributed by atoms with van der Waals surface area (Å²) in [6.07, 6.45) is 1.66. The molecule has 2 N–H and O–H groups in total. The van der Waals surface area contributed by atoms with Crippen LogP contribution in [0.15, 0.2) is 36.7 Å². The fourth-order valence-corrected chi connectivity index (χ4v) is 3.54. The first-order chi connectivity index (χ1) is 11.5. The highest BCUT2D eigenvalue weighted by Crippen LogP contribution is 2.38. The topological polar surface area (TPSA) is 53.1 Å². The van der Waals surface area contributed by atoms with Gasteiger partial charge in [0.15, 0.2) is 0 Å². The summed E-state index contributed by atoms with van der Waals surface area (Å²) in [5.41, 5.74) is 3.09. The van der Waals surface area contributed by atoms with Crippen LogP contribution in [0.5, 0.6) is 0 Å². The Kier molecular flexibility index (Phi) is 3.68. The van der Waals surface area contributed by atoms with Crippen molar-refractivity contribution in [2.24, 2.45) is 5.41 Å². The van der Waals surface area contributed by atoms with Gasteiger partial charge in [0.1, 0.15) is 18.0 Å². The van der Waals surface area contributed by atoms with Crippen molar-refractivity contribution in [3.8, 4) is 0 Å². The third kappa shape index (κ3) is 2.96. The van der Waals surface area contributed by atoms with E-state index in [1.807, 2.05) is 0 Å². The molecule has 1 fully saturated rings. The number of nitrogens with one attached hydrogen (secondary N) is 2. The van der Waals surface area contributed by atoms with E-state index in [2.05, 4.69) is 76.6 Å². The van der Waals surface area contributed by atoms with Gasteiger partial charge in [0.2, 0.25) is 0 Å². The van der Waals surface area contributed by atoms with E-state index in [0.29, 0.717) is 12.1 Å². The Balaban J connectivity index is 1.52. The number of hydrogen-bond donors (Lipinski definition) is 2. The third-order valence-electron chi connectivity index (χ3n) is 4.73. The predicted molar refractivity (Wildman–Crippen MR) is 97.2 cm³/mol. The molecule has 0 saturated carbocycles. The van der Waals surface area contributed by atoms with Crippen LogP contribution >= 0.6 is 0 Å². The molecule has 2 bridgehead atoms. The second kappa shape index (κ2) is 5.74. The number of rotatable bonds is 3. The van der Waals surface area contributed by atoms with E-state index in [4.69, 9.17) is 0 Å². The standard InChI is InChI=1S/C19H25N5/c1-19(2,3)11-20-17-8-18(22-12-21-17)24-9-15-13-6-4-5-7-14(13)16(10-24)23-15/h4-8,12,15-16,23H,9-11H2,1-3H3,(H,20,21,22)/t15-,16+. The van der Waals surface area contributed by atoms with Gasteiger partial charge < -0.3 is 10.2 Å². The molecular formula is C19H25N5. The molecule has 5 nitrogen and oxygen atoms in total. The summed E-state index contributed by atoms with van der Waals surface area (Å²) >= 11 is 0. The highest BCUT2D eigenvalue weighted by atomic mass is 15.3. The van der Waals surface area contributed by atoms with Crippen molar-refractivity contribution < 1.29 is 0 Å². The van der Waals surface area contributed by atoms with Crippen LogP contribution in [0, 0.1) is 5.41 Å². The molecule has 0 unspecified atom stereocenters. The lowest BCUT2D eigenvalue weighted by Crippen LogP contribution is -2.43. The number of nitrogens with zero attached hydrogens (tertiary/aromatic N) is 3. The van der Waals surface area contributed by atoms with E-state index in [9.17, 15) is 0 Å². The van der Waals surface area contributed by atoms with Crippen LogP contribution in [0.1, 0.15) is 44.0 Å². The van der Waals surface area contributed by atoms with Crippen molar-refractivity contribution in [2.45, 2.75) is 32.9 Å². The number of piperazine rings is 1. The molecule has 4 rings (SSSR count). The van der Waals surface area contributed by atoms with Gasteiger partial charge in [-0.25, -0.2) is 9.97 Å². The average Bonchev–Trinajstić information content (AvgIpc) is 2.84. The Morgan fingerprint density at radius 1 is 1.12 bits per heavy atom. The lowest BCUT2D eigenvalue weighted by Gasteiger charge is -2.34. The van der Waals surface area contributed by atoms with E-state index in [1.165, 1.54) is 11.1 Å². The van der Waals surface area contributed by atoms with Gasteiger partial charge in [-0.3, -0.25) is 5.32 Å². The molecule has 2 atom stereocenters. The number of fused-ring (bicyclic) bond motifs is 5. The maximum atomic E-state index is 4.51. The molecule has 5 heteroatoms. The normalized spacial score (nSPS) is 22.4. The molecule has 0 spiro atoms. The van der Waals surface area contributed by atoms with E-state index in [0.717, 1.165) is 31.3 Å². The van der Waals surface area contributed by atoms with Gasteiger partial charge in [0, 0.05) is 25.7 Å². The molecule has 2 aromatic rings. The van der Waals surface area contributed by atoms with Crippen molar-refractivity contribution in [3.05, 3.63) is 47.8 Å². The summed E-state index contributed by atoms with van der Waals surface area (Å²) < 4.78 is 0. The van der Waals surface area contributed by atoms with Gasteiger partial charge in [-0.2, -0.15) is 0 Å². The molecule has 1 aromatic heterocycles. The van der Waals surface area contributed by atoms with Gasteiger partial charge >= 0.3 is 0 Å². The van der Waals surface area contributed by atoms with Gasteiger partial charge in [0.05, 0.1) is 12.1 Å². The van der Waals surface area contributed by atoms with Crippen molar-refractivity contribution in [1.29, 1.82) is 0 Å². The third-order valence-corrected chi connectivity index (χ3v) is 4.73. The monoisotopic (exact) mass is 323 g/mol. The van der Waals surface area contributed by atoms with E-state index in [-0.39, 0.29) is 5.41 Å². The zero-order valence-electron chi connectivity index (χ0n) is 14.6. The number of aromatic nitrogens is 2. The van der Waals surface area contributed by atoms with Gasteiger partial charge in [0.25, 0.3) is 0 Å². The SMILES string of the molecule is CC(C)(C)CNc1cc(N2C[C@@H]3N[C@H](C2)c2ccccc23)ncn1. The molecule has 1 saturated heterocycles. The summed E-state index contributed by atoms with van der Waals surface area (Å²) in [7, 11) is 0. The number of benzene rings is 1.